The van der Waals surface area contributed by atoms with Crippen molar-refractivity contribution in [2.45, 2.75) is 12.3 Å². The molecule has 1 aliphatic rings. The molecule has 0 bridgehead atoms. The SMILES string of the molecule is OCC#Cc1ccc(F)cc1OCC1Cc2ccccc21. The predicted octanol–water partition coefficient (Wildman–Crippen LogP) is 2.89. The van der Waals surface area contributed by atoms with Crippen LogP contribution >= 0.6 is 0 Å². The Balaban J connectivity index is 1.72. The van der Waals surface area contributed by atoms with E-state index in [1.807, 2.05) is 12.1 Å². The molecule has 0 aliphatic heterocycles. The Kier molecular flexibility index (Phi) is 3.89. The number of rotatable bonds is 3. The highest BCUT2D eigenvalue weighted by Gasteiger charge is 2.26. The van der Waals surface area contributed by atoms with Crippen LogP contribution in [0, 0.1) is 17.7 Å². The summed E-state index contributed by atoms with van der Waals surface area (Å²) in [7, 11) is 0. The van der Waals surface area contributed by atoms with Crippen LogP contribution in [0.4, 0.5) is 4.39 Å². The minimum atomic E-state index is -0.353. The molecule has 3 heteroatoms. The molecular formula is C18H15FO2. The van der Waals surface area contributed by atoms with Crippen molar-refractivity contribution in [3.63, 3.8) is 0 Å². The van der Waals surface area contributed by atoms with E-state index in [4.69, 9.17) is 9.84 Å². The van der Waals surface area contributed by atoms with E-state index < -0.39 is 0 Å². The van der Waals surface area contributed by atoms with E-state index in [1.54, 1.807) is 6.07 Å². The Morgan fingerprint density at radius 2 is 2.10 bits per heavy atom. The van der Waals surface area contributed by atoms with Gasteiger partial charge in [-0.25, -0.2) is 4.39 Å². The lowest BCUT2D eigenvalue weighted by molar-refractivity contribution is 0.273. The van der Waals surface area contributed by atoms with Crippen LogP contribution < -0.4 is 4.74 Å². The molecule has 21 heavy (non-hydrogen) atoms. The van der Waals surface area contributed by atoms with Gasteiger partial charge < -0.3 is 9.84 Å². The Hall–Kier alpha value is -2.31. The largest absolute Gasteiger partial charge is 0.492 e. The molecule has 2 aromatic rings. The fourth-order valence-electron chi connectivity index (χ4n) is 2.56. The summed E-state index contributed by atoms with van der Waals surface area (Å²) in [4.78, 5) is 0. The van der Waals surface area contributed by atoms with Gasteiger partial charge in [-0.05, 0) is 29.7 Å². The summed E-state index contributed by atoms with van der Waals surface area (Å²) < 4.78 is 19.1. The molecular weight excluding hydrogens is 267 g/mol. The second-order valence-corrected chi connectivity index (χ2v) is 5.01. The Labute approximate surface area is 123 Å². The van der Waals surface area contributed by atoms with Crippen molar-refractivity contribution in [2.24, 2.45) is 0 Å². The fourth-order valence-corrected chi connectivity index (χ4v) is 2.56. The third-order valence-corrected chi connectivity index (χ3v) is 3.65. The first-order valence-electron chi connectivity index (χ1n) is 6.88. The van der Waals surface area contributed by atoms with Gasteiger partial charge in [-0.1, -0.05) is 36.1 Å². The van der Waals surface area contributed by atoms with E-state index in [-0.39, 0.29) is 12.4 Å². The maximum atomic E-state index is 13.4. The van der Waals surface area contributed by atoms with Crippen molar-refractivity contribution in [3.05, 3.63) is 65.0 Å². The molecule has 3 rings (SSSR count). The van der Waals surface area contributed by atoms with Gasteiger partial charge in [0.15, 0.2) is 0 Å². The summed E-state index contributed by atoms with van der Waals surface area (Å²) in [6.07, 6.45) is 0.989. The highest BCUT2D eigenvalue weighted by atomic mass is 19.1. The molecule has 1 N–H and O–H groups in total. The first-order chi connectivity index (χ1) is 10.3. The topological polar surface area (TPSA) is 29.5 Å². The van der Waals surface area contributed by atoms with Gasteiger partial charge in [0.2, 0.25) is 0 Å². The van der Waals surface area contributed by atoms with Crippen LogP contribution in [-0.4, -0.2) is 18.3 Å². The van der Waals surface area contributed by atoms with Crippen molar-refractivity contribution in [3.8, 4) is 17.6 Å². The van der Waals surface area contributed by atoms with Crippen LogP contribution in [0.1, 0.15) is 22.6 Å². The summed E-state index contributed by atoms with van der Waals surface area (Å²) in [5, 5.41) is 8.76. The zero-order valence-corrected chi connectivity index (χ0v) is 11.5. The third kappa shape index (κ3) is 2.91. The smallest absolute Gasteiger partial charge is 0.137 e. The number of aliphatic hydroxyl groups is 1. The van der Waals surface area contributed by atoms with Crippen molar-refractivity contribution in [1.82, 2.24) is 0 Å². The monoisotopic (exact) mass is 282 g/mol. The van der Waals surface area contributed by atoms with Gasteiger partial charge in [-0.3, -0.25) is 0 Å². The normalized spacial score (nSPS) is 15.4. The molecule has 0 heterocycles. The molecule has 0 fully saturated rings. The molecule has 106 valence electrons. The lowest BCUT2D eigenvalue weighted by atomic mass is 9.78. The average molecular weight is 282 g/mol. The lowest BCUT2D eigenvalue weighted by Gasteiger charge is -2.30. The maximum Gasteiger partial charge on any atom is 0.137 e. The summed E-state index contributed by atoms with van der Waals surface area (Å²) in [5.41, 5.74) is 3.25. The zero-order chi connectivity index (χ0) is 14.7. The molecule has 0 radical (unpaired) electrons. The van der Waals surface area contributed by atoms with Gasteiger partial charge in [-0.15, -0.1) is 0 Å². The summed E-state index contributed by atoms with van der Waals surface area (Å²) in [6, 6.07) is 12.5. The van der Waals surface area contributed by atoms with Crippen molar-refractivity contribution in [2.75, 3.05) is 13.2 Å². The van der Waals surface area contributed by atoms with Crippen LogP contribution in [0.3, 0.4) is 0 Å². The van der Waals surface area contributed by atoms with Crippen LogP contribution in [-0.2, 0) is 6.42 Å². The Morgan fingerprint density at radius 3 is 2.90 bits per heavy atom. The number of ether oxygens (including phenoxy) is 1. The number of halogens is 1. The van der Waals surface area contributed by atoms with E-state index in [1.165, 1.54) is 23.3 Å². The van der Waals surface area contributed by atoms with E-state index >= 15 is 0 Å². The second kappa shape index (κ2) is 5.99. The standard InChI is InChI=1S/C18H15FO2/c19-16-8-7-13(5-3-9-20)18(11-16)21-12-15-10-14-4-1-2-6-17(14)15/h1-2,4,6-8,11,15,20H,9-10,12H2. The Morgan fingerprint density at radius 1 is 1.24 bits per heavy atom. The van der Waals surface area contributed by atoms with Crippen LogP contribution in [0.15, 0.2) is 42.5 Å². The second-order valence-electron chi connectivity index (χ2n) is 5.01. The quantitative estimate of drug-likeness (QED) is 0.877. The summed E-state index contributed by atoms with van der Waals surface area (Å²) in [6.45, 7) is 0.279. The molecule has 2 nitrogen and oxygen atoms in total. The molecule has 2 aromatic carbocycles. The highest BCUT2D eigenvalue weighted by Crippen LogP contribution is 2.35. The third-order valence-electron chi connectivity index (χ3n) is 3.65. The van der Waals surface area contributed by atoms with E-state index in [2.05, 4.69) is 24.0 Å². The number of aliphatic hydroxyl groups excluding tert-OH is 1. The first kappa shape index (κ1) is 13.7. The minimum absolute atomic E-state index is 0.229. The van der Waals surface area contributed by atoms with Crippen molar-refractivity contribution < 1.29 is 14.2 Å². The van der Waals surface area contributed by atoms with Gasteiger partial charge in [0.05, 0.1) is 12.2 Å². The average Bonchev–Trinajstić information content (AvgIpc) is 2.47. The molecule has 0 saturated carbocycles. The molecule has 0 aromatic heterocycles. The van der Waals surface area contributed by atoms with Gasteiger partial charge in [0, 0.05) is 12.0 Å². The highest BCUT2D eigenvalue weighted by molar-refractivity contribution is 5.47. The fraction of sp³-hybridized carbons (Fsp3) is 0.222. The first-order valence-corrected chi connectivity index (χ1v) is 6.88. The van der Waals surface area contributed by atoms with Crippen LogP contribution in [0.25, 0.3) is 0 Å². The summed E-state index contributed by atoms with van der Waals surface area (Å²) >= 11 is 0. The van der Waals surface area contributed by atoms with Gasteiger partial charge in [-0.2, -0.15) is 0 Å². The molecule has 0 amide bonds. The molecule has 0 spiro atoms. The van der Waals surface area contributed by atoms with E-state index in [9.17, 15) is 4.39 Å². The Bertz CT molecular complexity index is 713. The van der Waals surface area contributed by atoms with Gasteiger partial charge in [0.25, 0.3) is 0 Å². The summed E-state index contributed by atoms with van der Waals surface area (Å²) in [5.74, 6) is 5.76. The van der Waals surface area contributed by atoms with Crippen molar-refractivity contribution >= 4 is 0 Å². The predicted molar refractivity (Wildman–Crippen MR) is 78.7 cm³/mol. The van der Waals surface area contributed by atoms with Crippen molar-refractivity contribution in [1.29, 1.82) is 0 Å². The molecule has 0 saturated heterocycles. The van der Waals surface area contributed by atoms with Gasteiger partial charge in [0.1, 0.15) is 18.2 Å². The maximum absolute atomic E-state index is 13.4. The number of fused-ring (bicyclic) bond motifs is 1. The van der Waals surface area contributed by atoms with E-state index in [0.717, 1.165) is 6.42 Å². The number of hydrogen-bond donors (Lipinski definition) is 1. The zero-order valence-electron chi connectivity index (χ0n) is 11.5. The van der Waals surface area contributed by atoms with Crippen LogP contribution in [0.2, 0.25) is 0 Å². The van der Waals surface area contributed by atoms with Gasteiger partial charge >= 0.3 is 0 Å². The molecule has 1 aliphatic carbocycles. The number of hydrogen-bond acceptors (Lipinski definition) is 2. The van der Waals surface area contributed by atoms with Crippen LogP contribution in [0.5, 0.6) is 5.75 Å². The molecule has 1 unspecified atom stereocenters. The number of benzene rings is 2. The minimum Gasteiger partial charge on any atom is -0.492 e. The molecule has 1 atom stereocenters. The lowest BCUT2D eigenvalue weighted by Crippen LogP contribution is -2.23. The van der Waals surface area contributed by atoms with E-state index in [0.29, 0.717) is 23.8 Å².